The summed E-state index contributed by atoms with van der Waals surface area (Å²) < 4.78 is 0. The highest BCUT2D eigenvalue weighted by Gasteiger charge is 2.19. The standard InChI is InChI=1S/C15H13ClO2/c16-13-8-6-11(7-9-13)10-14(15(17)18)12-4-2-1-3-5-12/h1-9,14H,10H2,(H,17,18). The summed E-state index contributed by atoms with van der Waals surface area (Å²) in [5, 5.41) is 9.97. The van der Waals surface area contributed by atoms with Gasteiger partial charge in [0, 0.05) is 5.02 Å². The van der Waals surface area contributed by atoms with Crippen LogP contribution in [0.2, 0.25) is 5.02 Å². The van der Waals surface area contributed by atoms with Gasteiger partial charge in [-0.2, -0.15) is 0 Å². The van der Waals surface area contributed by atoms with Crippen LogP contribution in [0.1, 0.15) is 17.0 Å². The molecule has 0 saturated carbocycles. The molecule has 0 fully saturated rings. The van der Waals surface area contributed by atoms with E-state index in [-0.39, 0.29) is 0 Å². The van der Waals surface area contributed by atoms with Crippen LogP contribution in [-0.2, 0) is 11.2 Å². The number of hydrogen-bond acceptors (Lipinski definition) is 1. The van der Waals surface area contributed by atoms with Gasteiger partial charge in [-0.3, -0.25) is 4.79 Å². The number of carboxylic acid groups (broad SMARTS) is 1. The second kappa shape index (κ2) is 5.69. The molecule has 0 bridgehead atoms. The summed E-state index contributed by atoms with van der Waals surface area (Å²) >= 11 is 5.81. The SMILES string of the molecule is O=C(O)C(Cc1ccc(Cl)cc1)c1ccccc1. The highest BCUT2D eigenvalue weighted by Crippen LogP contribution is 2.22. The smallest absolute Gasteiger partial charge is 0.311 e. The fraction of sp³-hybridized carbons (Fsp3) is 0.133. The Morgan fingerprint density at radius 1 is 1.06 bits per heavy atom. The van der Waals surface area contributed by atoms with E-state index in [1.165, 1.54) is 0 Å². The van der Waals surface area contributed by atoms with Crippen LogP contribution in [-0.4, -0.2) is 11.1 Å². The maximum absolute atomic E-state index is 11.3. The molecule has 2 aromatic carbocycles. The summed E-state index contributed by atoms with van der Waals surface area (Å²) in [6.45, 7) is 0. The Morgan fingerprint density at radius 3 is 2.22 bits per heavy atom. The van der Waals surface area contributed by atoms with Crippen molar-refractivity contribution in [1.82, 2.24) is 0 Å². The van der Waals surface area contributed by atoms with Crippen LogP contribution in [0.15, 0.2) is 54.6 Å². The summed E-state index contributed by atoms with van der Waals surface area (Å²) in [7, 11) is 0. The van der Waals surface area contributed by atoms with Crippen molar-refractivity contribution in [1.29, 1.82) is 0 Å². The minimum Gasteiger partial charge on any atom is -0.481 e. The average molecular weight is 261 g/mol. The number of benzene rings is 2. The highest BCUT2D eigenvalue weighted by atomic mass is 35.5. The Labute approximate surface area is 111 Å². The van der Waals surface area contributed by atoms with Gasteiger partial charge in [0.25, 0.3) is 0 Å². The maximum atomic E-state index is 11.3. The first kappa shape index (κ1) is 12.7. The summed E-state index contributed by atoms with van der Waals surface area (Å²) in [6.07, 6.45) is 0.469. The van der Waals surface area contributed by atoms with Crippen LogP contribution in [0.4, 0.5) is 0 Å². The average Bonchev–Trinajstić information content (AvgIpc) is 2.38. The van der Waals surface area contributed by atoms with Crippen LogP contribution in [0, 0.1) is 0 Å². The van der Waals surface area contributed by atoms with E-state index in [1.54, 1.807) is 12.1 Å². The third kappa shape index (κ3) is 3.11. The molecule has 2 aromatic rings. The lowest BCUT2D eigenvalue weighted by Crippen LogP contribution is -2.14. The van der Waals surface area contributed by atoms with Gasteiger partial charge in [-0.25, -0.2) is 0 Å². The number of aliphatic carboxylic acids is 1. The molecule has 3 heteroatoms. The monoisotopic (exact) mass is 260 g/mol. The molecule has 2 nitrogen and oxygen atoms in total. The van der Waals surface area contributed by atoms with Crippen molar-refractivity contribution in [3.05, 3.63) is 70.7 Å². The molecule has 0 heterocycles. The minimum atomic E-state index is -0.809. The van der Waals surface area contributed by atoms with Crippen LogP contribution >= 0.6 is 11.6 Å². The van der Waals surface area contributed by atoms with Gasteiger partial charge in [-0.05, 0) is 29.7 Å². The van der Waals surface area contributed by atoms with Crippen molar-refractivity contribution in [3.8, 4) is 0 Å². The van der Waals surface area contributed by atoms with Gasteiger partial charge in [0.2, 0.25) is 0 Å². The molecule has 1 N–H and O–H groups in total. The second-order valence-corrected chi connectivity index (χ2v) is 4.57. The highest BCUT2D eigenvalue weighted by molar-refractivity contribution is 6.30. The minimum absolute atomic E-state index is 0.469. The Balaban J connectivity index is 2.22. The Bertz CT molecular complexity index is 520. The summed E-state index contributed by atoms with van der Waals surface area (Å²) in [5.41, 5.74) is 1.79. The zero-order valence-corrected chi connectivity index (χ0v) is 10.5. The van der Waals surface area contributed by atoms with Crippen molar-refractivity contribution in [2.24, 2.45) is 0 Å². The van der Waals surface area contributed by atoms with E-state index in [2.05, 4.69) is 0 Å². The van der Waals surface area contributed by atoms with Crippen LogP contribution in [0.5, 0.6) is 0 Å². The summed E-state index contributed by atoms with van der Waals surface area (Å²) in [6, 6.07) is 16.6. The fourth-order valence-corrected chi connectivity index (χ4v) is 2.02. The lowest BCUT2D eigenvalue weighted by atomic mass is 9.92. The quantitative estimate of drug-likeness (QED) is 0.909. The third-order valence-electron chi connectivity index (χ3n) is 2.85. The van der Waals surface area contributed by atoms with Gasteiger partial charge >= 0.3 is 5.97 Å². The van der Waals surface area contributed by atoms with Crippen molar-refractivity contribution in [2.75, 3.05) is 0 Å². The third-order valence-corrected chi connectivity index (χ3v) is 3.11. The van der Waals surface area contributed by atoms with Gasteiger partial charge in [-0.1, -0.05) is 54.1 Å². The first-order valence-electron chi connectivity index (χ1n) is 5.69. The van der Waals surface area contributed by atoms with E-state index in [1.807, 2.05) is 42.5 Å². The fourth-order valence-electron chi connectivity index (χ4n) is 1.89. The number of carboxylic acids is 1. The number of carbonyl (C=O) groups is 1. The van der Waals surface area contributed by atoms with E-state index in [0.29, 0.717) is 11.4 Å². The molecule has 0 aliphatic carbocycles. The number of rotatable bonds is 4. The van der Waals surface area contributed by atoms with Gasteiger partial charge in [0.1, 0.15) is 0 Å². The molecule has 2 rings (SSSR count). The van der Waals surface area contributed by atoms with Gasteiger partial charge in [-0.15, -0.1) is 0 Å². The molecular weight excluding hydrogens is 248 g/mol. The first-order valence-corrected chi connectivity index (χ1v) is 6.07. The predicted octanol–water partition coefficient (Wildman–Crippen LogP) is 3.75. The zero-order valence-electron chi connectivity index (χ0n) is 9.71. The normalized spacial score (nSPS) is 12.1. The van der Waals surface area contributed by atoms with Crippen LogP contribution in [0.3, 0.4) is 0 Å². The van der Waals surface area contributed by atoms with Crippen molar-refractivity contribution in [2.45, 2.75) is 12.3 Å². The van der Waals surface area contributed by atoms with E-state index in [4.69, 9.17) is 11.6 Å². The van der Waals surface area contributed by atoms with Crippen molar-refractivity contribution >= 4 is 17.6 Å². The molecule has 0 aliphatic heterocycles. The largest absolute Gasteiger partial charge is 0.481 e. The van der Waals surface area contributed by atoms with Gasteiger partial charge < -0.3 is 5.11 Å². The van der Waals surface area contributed by atoms with Crippen molar-refractivity contribution < 1.29 is 9.90 Å². The Kier molecular flexibility index (Phi) is 4.00. The topological polar surface area (TPSA) is 37.3 Å². The molecule has 1 atom stereocenters. The second-order valence-electron chi connectivity index (χ2n) is 4.13. The molecule has 0 amide bonds. The van der Waals surface area contributed by atoms with Crippen LogP contribution < -0.4 is 0 Å². The molecule has 18 heavy (non-hydrogen) atoms. The van der Waals surface area contributed by atoms with E-state index >= 15 is 0 Å². The summed E-state index contributed by atoms with van der Waals surface area (Å²) in [5.74, 6) is -1.33. The Hall–Kier alpha value is -1.80. The zero-order chi connectivity index (χ0) is 13.0. The van der Waals surface area contributed by atoms with Gasteiger partial charge in [0.15, 0.2) is 0 Å². The Morgan fingerprint density at radius 2 is 1.67 bits per heavy atom. The van der Waals surface area contributed by atoms with E-state index in [0.717, 1.165) is 11.1 Å². The molecule has 0 aliphatic rings. The molecule has 1 unspecified atom stereocenters. The molecule has 0 saturated heterocycles. The van der Waals surface area contributed by atoms with E-state index < -0.39 is 11.9 Å². The molecule has 92 valence electrons. The molecule has 0 radical (unpaired) electrons. The maximum Gasteiger partial charge on any atom is 0.311 e. The molecule has 0 spiro atoms. The van der Waals surface area contributed by atoms with Gasteiger partial charge in [0.05, 0.1) is 5.92 Å². The van der Waals surface area contributed by atoms with E-state index in [9.17, 15) is 9.90 Å². The molecular formula is C15H13ClO2. The number of hydrogen-bond donors (Lipinski definition) is 1. The lowest BCUT2D eigenvalue weighted by molar-refractivity contribution is -0.138. The predicted molar refractivity (Wildman–Crippen MR) is 72.0 cm³/mol. The number of halogens is 1. The first-order chi connectivity index (χ1) is 8.66. The molecule has 0 aromatic heterocycles. The lowest BCUT2D eigenvalue weighted by Gasteiger charge is -2.12. The van der Waals surface area contributed by atoms with Crippen LogP contribution in [0.25, 0.3) is 0 Å². The van der Waals surface area contributed by atoms with Crippen molar-refractivity contribution in [3.63, 3.8) is 0 Å². The summed E-state index contributed by atoms with van der Waals surface area (Å²) in [4.78, 5) is 11.3.